The van der Waals surface area contributed by atoms with E-state index < -0.39 is 11.9 Å². The highest BCUT2D eigenvalue weighted by molar-refractivity contribution is 5.21. The fraction of sp³-hybridized carbons (Fsp3) is 0.545. The molecule has 0 aliphatic heterocycles. The van der Waals surface area contributed by atoms with Crippen LogP contribution < -0.4 is 4.74 Å². The Bertz CT molecular complexity index is 354. The van der Waals surface area contributed by atoms with E-state index in [-0.39, 0.29) is 6.10 Å². The molecule has 88 valence electrons. The molecule has 5 heteroatoms. The van der Waals surface area contributed by atoms with Crippen LogP contribution in [0.1, 0.15) is 25.5 Å². The largest absolute Gasteiger partial charge is 0.489 e. The summed E-state index contributed by atoms with van der Waals surface area (Å²) in [4.78, 5) is 3.33. The topological polar surface area (TPSA) is 22.1 Å². The molecule has 0 bridgehead atoms. The molecule has 1 aromatic heterocycles. The summed E-state index contributed by atoms with van der Waals surface area (Å²) in [5.74, 6) is 1.05. The van der Waals surface area contributed by atoms with Crippen LogP contribution in [0.5, 0.6) is 5.75 Å². The molecule has 2 rings (SSSR count). The van der Waals surface area contributed by atoms with Gasteiger partial charge in [-0.2, -0.15) is 13.2 Å². The first-order chi connectivity index (χ1) is 7.45. The smallest absolute Gasteiger partial charge is 0.433 e. The highest BCUT2D eigenvalue weighted by atomic mass is 19.4. The van der Waals surface area contributed by atoms with Crippen molar-refractivity contribution in [3.63, 3.8) is 0 Å². The molecule has 1 aliphatic carbocycles. The predicted octanol–water partition coefficient (Wildman–Crippen LogP) is 3.28. The maximum Gasteiger partial charge on any atom is 0.433 e. The maximum atomic E-state index is 12.2. The van der Waals surface area contributed by atoms with Gasteiger partial charge in [0.25, 0.3) is 0 Å². The minimum Gasteiger partial charge on any atom is -0.489 e. The van der Waals surface area contributed by atoms with Gasteiger partial charge in [0.1, 0.15) is 11.4 Å². The third-order valence-corrected chi connectivity index (χ3v) is 2.66. The van der Waals surface area contributed by atoms with E-state index in [0.717, 1.165) is 25.1 Å². The third kappa shape index (κ3) is 2.46. The fourth-order valence-corrected chi connectivity index (χ4v) is 1.73. The van der Waals surface area contributed by atoms with E-state index in [1.807, 2.05) is 0 Å². The SMILES string of the molecule is C[C@H]1C[C@H](Oc2ccc(C(F)(F)F)nc2)C1. The van der Waals surface area contributed by atoms with Crippen molar-refractivity contribution in [3.05, 3.63) is 24.0 Å². The Morgan fingerprint density at radius 1 is 1.31 bits per heavy atom. The molecular weight excluding hydrogens is 219 g/mol. The summed E-state index contributed by atoms with van der Waals surface area (Å²) in [6.07, 6.45) is -1.20. The molecule has 1 aliphatic rings. The fourth-order valence-electron chi connectivity index (χ4n) is 1.73. The molecule has 0 atom stereocenters. The number of ether oxygens (including phenoxy) is 1. The van der Waals surface area contributed by atoms with Crippen molar-refractivity contribution in [2.75, 3.05) is 0 Å². The number of aromatic nitrogens is 1. The van der Waals surface area contributed by atoms with Gasteiger partial charge in [0.2, 0.25) is 0 Å². The molecule has 0 amide bonds. The molecule has 16 heavy (non-hydrogen) atoms. The van der Waals surface area contributed by atoms with Gasteiger partial charge in [-0.25, -0.2) is 4.98 Å². The zero-order valence-electron chi connectivity index (χ0n) is 8.79. The monoisotopic (exact) mass is 231 g/mol. The predicted molar refractivity (Wildman–Crippen MR) is 52.1 cm³/mol. The second-order valence-electron chi connectivity index (χ2n) is 4.19. The lowest BCUT2D eigenvalue weighted by molar-refractivity contribution is -0.141. The summed E-state index contributed by atoms with van der Waals surface area (Å²) in [5.41, 5.74) is -0.887. The first-order valence-corrected chi connectivity index (χ1v) is 5.15. The second-order valence-corrected chi connectivity index (χ2v) is 4.19. The van der Waals surface area contributed by atoms with Crippen LogP contribution in [0.15, 0.2) is 18.3 Å². The van der Waals surface area contributed by atoms with Crippen LogP contribution in [0.4, 0.5) is 13.2 Å². The highest BCUT2D eigenvalue weighted by Gasteiger charge is 2.32. The summed E-state index contributed by atoms with van der Waals surface area (Å²) in [6.45, 7) is 2.12. The average Bonchev–Trinajstić information content (AvgIpc) is 2.15. The number of rotatable bonds is 2. The number of pyridine rings is 1. The van der Waals surface area contributed by atoms with E-state index in [1.165, 1.54) is 6.07 Å². The van der Waals surface area contributed by atoms with Gasteiger partial charge in [0.05, 0.1) is 12.3 Å². The van der Waals surface area contributed by atoms with Crippen LogP contribution in [-0.4, -0.2) is 11.1 Å². The zero-order chi connectivity index (χ0) is 11.8. The molecule has 1 aromatic rings. The normalized spacial score (nSPS) is 25.0. The molecule has 0 aromatic carbocycles. The Kier molecular flexibility index (Phi) is 2.78. The van der Waals surface area contributed by atoms with E-state index in [0.29, 0.717) is 11.7 Å². The van der Waals surface area contributed by atoms with E-state index >= 15 is 0 Å². The van der Waals surface area contributed by atoms with Gasteiger partial charge in [-0.3, -0.25) is 0 Å². The quantitative estimate of drug-likeness (QED) is 0.779. The van der Waals surface area contributed by atoms with Crippen LogP contribution in [-0.2, 0) is 6.18 Å². The number of hydrogen-bond acceptors (Lipinski definition) is 2. The van der Waals surface area contributed by atoms with Crippen molar-refractivity contribution < 1.29 is 17.9 Å². The highest BCUT2D eigenvalue weighted by Crippen LogP contribution is 2.32. The van der Waals surface area contributed by atoms with Crippen molar-refractivity contribution in [1.82, 2.24) is 4.98 Å². The Morgan fingerprint density at radius 2 is 2.00 bits per heavy atom. The average molecular weight is 231 g/mol. The van der Waals surface area contributed by atoms with Crippen molar-refractivity contribution in [1.29, 1.82) is 0 Å². The van der Waals surface area contributed by atoms with Crippen LogP contribution in [0.25, 0.3) is 0 Å². The van der Waals surface area contributed by atoms with Crippen molar-refractivity contribution in [2.24, 2.45) is 5.92 Å². The number of halogens is 3. The van der Waals surface area contributed by atoms with Crippen LogP contribution in [0.3, 0.4) is 0 Å². The Labute approximate surface area is 91.4 Å². The Hall–Kier alpha value is -1.26. The maximum absolute atomic E-state index is 12.2. The van der Waals surface area contributed by atoms with Gasteiger partial charge in [-0.15, -0.1) is 0 Å². The van der Waals surface area contributed by atoms with Crippen LogP contribution in [0.2, 0.25) is 0 Å². The molecule has 1 heterocycles. The molecule has 1 saturated carbocycles. The summed E-state index contributed by atoms with van der Waals surface area (Å²) in [7, 11) is 0. The third-order valence-electron chi connectivity index (χ3n) is 2.66. The molecule has 0 N–H and O–H groups in total. The van der Waals surface area contributed by atoms with E-state index in [4.69, 9.17) is 4.74 Å². The molecule has 1 fully saturated rings. The summed E-state index contributed by atoms with van der Waals surface area (Å²) in [5, 5.41) is 0. The van der Waals surface area contributed by atoms with Gasteiger partial charge in [-0.05, 0) is 30.9 Å². The van der Waals surface area contributed by atoms with E-state index in [1.54, 1.807) is 0 Å². The standard InChI is InChI=1S/C11H12F3NO/c1-7-4-9(5-7)16-8-2-3-10(15-6-8)11(12,13)14/h2-3,6-7,9H,4-5H2,1H3/t7-,9-. The Balaban J connectivity index is 1.97. The molecule has 2 nitrogen and oxygen atoms in total. The van der Waals surface area contributed by atoms with Crippen LogP contribution >= 0.6 is 0 Å². The van der Waals surface area contributed by atoms with Crippen molar-refractivity contribution in [2.45, 2.75) is 32.0 Å². The van der Waals surface area contributed by atoms with Gasteiger partial charge in [-0.1, -0.05) is 6.92 Å². The van der Waals surface area contributed by atoms with Gasteiger partial charge in [0.15, 0.2) is 0 Å². The number of hydrogen-bond donors (Lipinski definition) is 0. The summed E-state index contributed by atoms with van der Waals surface area (Å²) >= 11 is 0. The number of alkyl halides is 3. The molecule has 0 spiro atoms. The molecule has 0 unspecified atom stereocenters. The van der Waals surface area contributed by atoms with E-state index in [2.05, 4.69) is 11.9 Å². The van der Waals surface area contributed by atoms with Gasteiger partial charge < -0.3 is 4.74 Å². The molecule has 0 radical (unpaired) electrons. The number of nitrogens with zero attached hydrogens (tertiary/aromatic N) is 1. The lowest BCUT2D eigenvalue weighted by Crippen LogP contribution is -2.31. The lowest BCUT2D eigenvalue weighted by atomic mass is 9.84. The molecule has 0 saturated heterocycles. The van der Waals surface area contributed by atoms with Gasteiger partial charge in [0, 0.05) is 0 Å². The zero-order valence-corrected chi connectivity index (χ0v) is 8.79. The molecular formula is C11H12F3NO. The van der Waals surface area contributed by atoms with Gasteiger partial charge >= 0.3 is 6.18 Å². The van der Waals surface area contributed by atoms with Crippen molar-refractivity contribution in [3.8, 4) is 5.75 Å². The first kappa shape index (κ1) is 11.2. The minimum atomic E-state index is -4.39. The lowest BCUT2D eigenvalue weighted by Gasteiger charge is -2.32. The Morgan fingerprint density at radius 3 is 2.44 bits per heavy atom. The first-order valence-electron chi connectivity index (χ1n) is 5.15. The summed E-state index contributed by atoms with van der Waals surface area (Å²) < 4.78 is 42.1. The van der Waals surface area contributed by atoms with Crippen LogP contribution in [0, 0.1) is 5.92 Å². The second kappa shape index (κ2) is 3.96. The van der Waals surface area contributed by atoms with E-state index in [9.17, 15) is 13.2 Å². The summed E-state index contributed by atoms with van der Waals surface area (Å²) in [6, 6.07) is 2.26. The minimum absolute atomic E-state index is 0.133. The van der Waals surface area contributed by atoms with Crippen molar-refractivity contribution >= 4 is 0 Å².